The average Bonchev–Trinajstić information content (AvgIpc) is 3.24. The van der Waals surface area contributed by atoms with Gasteiger partial charge in [0.2, 0.25) is 5.91 Å². The number of carbonyl (C=O) groups excluding carboxylic acids is 1. The molecule has 0 saturated heterocycles. The molecule has 0 unspecified atom stereocenters. The molecule has 0 radical (unpaired) electrons. The van der Waals surface area contributed by atoms with Crippen LogP contribution in [0.15, 0.2) is 18.2 Å². The van der Waals surface area contributed by atoms with Crippen molar-refractivity contribution in [3.8, 4) is 5.75 Å². The Morgan fingerprint density at radius 2 is 1.80 bits per heavy atom. The van der Waals surface area contributed by atoms with Gasteiger partial charge in [-0.15, -0.1) is 22.7 Å². The molecule has 3 aromatic rings. The maximum atomic E-state index is 12.6. The van der Waals surface area contributed by atoms with Gasteiger partial charge in [-0.25, -0.2) is 9.59 Å². The fourth-order valence-electron chi connectivity index (χ4n) is 4.14. The number of thiophene rings is 2. The summed E-state index contributed by atoms with van der Waals surface area (Å²) in [5, 5.41) is 19.4. The van der Waals surface area contributed by atoms with Crippen molar-refractivity contribution in [1.29, 1.82) is 0 Å². The van der Waals surface area contributed by atoms with Crippen molar-refractivity contribution in [3.63, 3.8) is 0 Å². The molecule has 1 aromatic carbocycles. The first kappa shape index (κ1) is 20.6. The lowest BCUT2D eigenvalue weighted by Crippen LogP contribution is -2.40. The number of amides is 1. The Morgan fingerprint density at radius 1 is 1.07 bits per heavy atom. The molecule has 1 aliphatic rings. The number of carboxylic acids is 2. The normalized spacial score (nSPS) is 14.8. The second-order valence-electron chi connectivity index (χ2n) is 7.34. The summed E-state index contributed by atoms with van der Waals surface area (Å²) in [6.45, 7) is 0.960. The second-order valence-corrected chi connectivity index (χ2v) is 9.38. The number of aromatic carboxylic acids is 1. The SMILES string of the molecule is CC(=O)N(c1cccc2c1sc1c(OCC(=O)O)c(C(=O)O)sc12)C1CCCCC1. The van der Waals surface area contributed by atoms with Crippen molar-refractivity contribution in [3.05, 3.63) is 23.1 Å². The number of rotatable bonds is 6. The summed E-state index contributed by atoms with van der Waals surface area (Å²) in [5.74, 6) is -2.25. The van der Waals surface area contributed by atoms with Gasteiger partial charge in [-0.05, 0) is 18.9 Å². The molecule has 158 valence electrons. The zero-order chi connectivity index (χ0) is 21.4. The van der Waals surface area contributed by atoms with Gasteiger partial charge in [0, 0.05) is 18.4 Å². The number of aliphatic carboxylic acids is 1. The molecular formula is C21H21NO6S2. The van der Waals surface area contributed by atoms with Crippen molar-refractivity contribution < 1.29 is 29.3 Å². The summed E-state index contributed by atoms with van der Waals surface area (Å²) in [5.41, 5.74) is 0.821. The molecule has 1 saturated carbocycles. The maximum absolute atomic E-state index is 12.6. The molecule has 7 nitrogen and oxygen atoms in total. The molecule has 30 heavy (non-hydrogen) atoms. The highest BCUT2D eigenvalue weighted by molar-refractivity contribution is 7.34. The van der Waals surface area contributed by atoms with Gasteiger partial charge < -0.3 is 19.8 Å². The Hall–Kier alpha value is -2.65. The van der Waals surface area contributed by atoms with E-state index in [4.69, 9.17) is 9.84 Å². The monoisotopic (exact) mass is 447 g/mol. The van der Waals surface area contributed by atoms with Gasteiger partial charge in [-0.3, -0.25) is 4.79 Å². The van der Waals surface area contributed by atoms with Crippen LogP contribution < -0.4 is 9.64 Å². The fourth-order valence-corrected chi connectivity index (χ4v) is 6.74. The quantitative estimate of drug-likeness (QED) is 0.553. The summed E-state index contributed by atoms with van der Waals surface area (Å²) >= 11 is 2.42. The Kier molecular flexibility index (Phi) is 5.66. The largest absolute Gasteiger partial charge is 0.479 e. The predicted molar refractivity (Wildman–Crippen MR) is 117 cm³/mol. The van der Waals surface area contributed by atoms with Gasteiger partial charge in [0.15, 0.2) is 17.2 Å². The zero-order valence-electron chi connectivity index (χ0n) is 16.3. The zero-order valence-corrected chi connectivity index (χ0v) is 18.0. The van der Waals surface area contributed by atoms with Crippen LogP contribution in [0.1, 0.15) is 48.7 Å². The third-order valence-corrected chi connectivity index (χ3v) is 7.89. The third-order valence-electron chi connectivity index (χ3n) is 5.34. The minimum absolute atomic E-state index is 0.0134. The van der Waals surface area contributed by atoms with Crippen molar-refractivity contribution in [1.82, 2.24) is 0 Å². The molecule has 2 heterocycles. The lowest BCUT2D eigenvalue weighted by molar-refractivity contribution is -0.139. The van der Waals surface area contributed by atoms with E-state index in [1.807, 2.05) is 23.1 Å². The number of benzene rings is 1. The molecular weight excluding hydrogens is 426 g/mol. The van der Waals surface area contributed by atoms with Crippen LogP contribution in [0.5, 0.6) is 5.75 Å². The molecule has 0 bridgehead atoms. The van der Waals surface area contributed by atoms with E-state index in [0.717, 1.165) is 57.5 Å². The summed E-state index contributed by atoms with van der Waals surface area (Å²) in [7, 11) is 0. The van der Waals surface area contributed by atoms with E-state index in [2.05, 4.69) is 0 Å². The van der Waals surface area contributed by atoms with Crippen LogP contribution in [0, 0.1) is 0 Å². The summed E-state index contributed by atoms with van der Waals surface area (Å²) in [4.78, 5) is 37.1. The molecule has 1 amide bonds. The number of anilines is 1. The van der Waals surface area contributed by atoms with Gasteiger partial charge in [0.25, 0.3) is 0 Å². The highest BCUT2D eigenvalue weighted by atomic mass is 32.1. The van der Waals surface area contributed by atoms with Gasteiger partial charge in [0.1, 0.15) is 0 Å². The van der Waals surface area contributed by atoms with Crippen LogP contribution in [-0.4, -0.2) is 40.7 Å². The second kappa shape index (κ2) is 8.23. The van der Waals surface area contributed by atoms with E-state index in [1.54, 1.807) is 6.92 Å². The van der Waals surface area contributed by atoms with E-state index in [1.165, 1.54) is 17.8 Å². The topological polar surface area (TPSA) is 104 Å². The lowest BCUT2D eigenvalue weighted by Gasteiger charge is -2.34. The van der Waals surface area contributed by atoms with Crippen LogP contribution in [0.3, 0.4) is 0 Å². The van der Waals surface area contributed by atoms with Gasteiger partial charge in [-0.2, -0.15) is 0 Å². The summed E-state index contributed by atoms with van der Waals surface area (Å²) in [6, 6.07) is 5.86. The van der Waals surface area contributed by atoms with Crippen LogP contribution >= 0.6 is 22.7 Å². The van der Waals surface area contributed by atoms with Gasteiger partial charge in [-0.1, -0.05) is 31.4 Å². The number of hydrogen-bond acceptors (Lipinski definition) is 6. The number of carbonyl (C=O) groups is 3. The standard InChI is InChI=1S/C21H21NO6S2/c1-11(23)22(12-6-3-2-4-7-12)14-9-5-8-13-17(14)29-19-16(28-10-15(24)25)20(21(26)27)30-18(13)19/h5,8-9,12H,2-4,6-7,10H2,1H3,(H,24,25)(H,26,27). The molecule has 0 spiro atoms. The molecule has 4 rings (SSSR count). The third kappa shape index (κ3) is 3.63. The first-order chi connectivity index (χ1) is 14.4. The van der Waals surface area contributed by atoms with Crippen molar-refractivity contribution in [2.24, 2.45) is 0 Å². The highest BCUT2D eigenvalue weighted by Crippen LogP contribution is 2.49. The van der Waals surface area contributed by atoms with E-state index in [0.29, 0.717) is 4.70 Å². The van der Waals surface area contributed by atoms with E-state index < -0.39 is 18.5 Å². The molecule has 2 aromatic heterocycles. The number of carboxylic acid groups (broad SMARTS) is 2. The Labute approximate surface area is 180 Å². The average molecular weight is 448 g/mol. The molecule has 0 atom stereocenters. The van der Waals surface area contributed by atoms with Crippen LogP contribution in [0.2, 0.25) is 0 Å². The Balaban J connectivity index is 1.88. The van der Waals surface area contributed by atoms with E-state index >= 15 is 0 Å². The Morgan fingerprint density at radius 3 is 2.43 bits per heavy atom. The first-order valence-electron chi connectivity index (χ1n) is 9.74. The van der Waals surface area contributed by atoms with Crippen LogP contribution in [0.4, 0.5) is 5.69 Å². The van der Waals surface area contributed by atoms with Crippen molar-refractivity contribution >= 4 is 65.7 Å². The van der Waals surface area contributed by atoms with Gasteiger partial charge in [0.05, 0.1) is 19.8 Å². The number of nitrogens with zero attached hydrogens (tertiary/aromatic N) is 1. The smallest absolute Gasteiger partial charge is 0.349 e. The summed E-state index contributed by atoms with van der Waals surface area (Å²) in [6.07, 6.45) is 5.30. The highest BCUT2D eigenvalue weighted by Gasteiger charge is 2.29. The van der Waals surface area contributed by atoms with Crippen LogP contribution in [0.25, 0.3) is 19.5 Å². The number of hydrogen-bond donors (Lipinski definition) is 2. The minimum atomic E-state index is -1.17. The molecule has 1 aliphatic carbocycles. The van der Waals surface area contributed by atoms with Crippen molar-refractivity contribution in [2.75, 3.05) is 11.5 Å². The first-order valence-corrected chi connectivity index (χ1v) is 11.4. The molecule has 9 heteroatoms. The fraction of sp³-hybridized carbons (Fsp3) is 0.381. The Bertz CT molecular complexity index is 1140. The maximum Gasteiger partial charge on any atom is 0.349 e. The number of ether oxygens (including phenoxy) is 1. The molecule has 2 N–H and O–H groups in total. The number of fused-ring (bicyclic) bond motifs is 3. The molecule has 1 fully saturated rings. The van der Waals surface area contributed by atoms with E-state index in [-0.39, 0.29) is 22.6 Å². The molecule has 0 aliphatic heterocycles. The van der Waals surface area contributed by atoms with Gasteiger partial charge >= 0.3 is 11.9 Å². The summed E-state index contributed by atoms with van der Waals surface area (Å²) < 4.78 is 7.60. The van der Waals surface area contributed by atoms with E-state index in [9.17, 15) is 19.5 Å². The predicted octanol–water partition coefficient (Wildman–Crippen LogP) is 4.96. The van der Waals surface area contributed by atoms with Crippen LogP contribution in [-0.2, 0) is 9.59 Å². The lowest BCUT2D eigenvalue weighted by atomic mass is 9.93. The van der Waals surface area contributed by atoms with Crippen molar-refractivity contribution in [2.45, 2.75) is 45.1 Å². The minimum Gasteiger partial charge on any atom is -0.479 e.